The Balaban J connectivity index is 1.72. The van der Waals surface area contributed by atoms with Gasteiger partial charge in [-0.25, -0.2) is 4.79 Å². The molecule has 1 N–H and O–H groups in total. The third-order valence-electron chi connectivity index (χ3n) is 4.64. The van der Waals surface area contributed by atoms with E-state index in [0.29, 0.717) is 26.3 Å². The lowest BCUT2D eigenvalue weighted by Gasteiger charge is -2.30. The lowest BCUT2D eigenvalue weighted by atomic mass is 9.99. The highest BCUT2D eigenvalue weighted by atomic mass is 16.5. The van der Waals surface area contributed by atoms with Gasteiger partial charge in [0.1, 0.15) is 6.33 Å². The van der Waals surface area contributed by atoms with Crippen molar-refractivity contribution in [3.63, 3.8) is 0 Å². The first-order chi connectivity index (χ1) is 13.0. The molecule has 2 amide bonds. The number of hydrogen-bond donors (Lipinski definition) is 1. The van der Waals surface area contributed by atoms with E-state index in [1.807, 2.05) is 44.9 Å². The summed E-state index contributed by atoms with van der Waals surface area (Å²) in [7, 11) is 1.86. The number of hydrogen-bond acceptors (Lipinski definition) is 5. The van der Waals surface area contributed by atoms with Crippen LogP contribution < -0.4 is 14.8 Å². The molecule has 1 atom stereocenters. The van der Waals surface area contributed by atoms with Crippen molar-refractivity contribution in [2.24, 2.45) is 7.05 Å². The maximum Gasteiger partial charge on any atom is 0.318 e. The van der Waals surface area contributed by atoms with Gasteiger partial charge < -0.3 is 24.3 Å². The van der Waals surface area contributed by atoms with E-state index in [2.05, 4.69) is 15.5 Å². The molecule has 2 heterocycles. The summed E-state index contributed by atoms with van der Waals surface area (Å²) in [5.41, 5.74) is 2.29. The number of rotatable bonds is 6. The van der Waals surface area contributed by atoms with Crippen LogP contribution in [0.4, 0.5) is 4.79 Å². The van der Waals surface area contributed by atoms with Crippen molar-refractivity contribution in [1.82, 2.24) is 25.0 Å². The first-order valence-corrected chi connectivity index (χ1v) is 9.34. The van der Waals surface area contributed by atoms with E-state index in [-0.39, 0.29) is 12.1 Å². The lowest BCUT2D eigenvalue weighted by Crippen LogP contribution is -2.44. The van der Waals surface area contributed by atoms with Crippen molar-refractivity contribution >= 4 is 6.03 Å². The molecule has 27 heavy (non-hydrogen) atoms. The maximum atomic E-state index is 12.7. The number of carbonyl (C=O) groups is 1. The first kappa shape index (κ1) is 19.0. The van der Waals surface area contributed by atoms with Gasteiger partial charge >= 0.3 is 6.03 Å². The Morgan fingerprint density at radius 3 is 2.48 bits per heavy atom. The molecule has 2 aromatic rings. The molecule has 0 bridgehead atoms. The largest absolute Gasteiger partial charge is 0.490 e. The second-order valence-electron chi connectivity index (χ2n) is 6.58. The van der Waals surface area contributed by atoms with Gasteiger partial charge in [0.2, 0.25) is 0 Å². The molecule has 0 radical (unpaired) electrons. The maximum absolute atomic E-state index is 12.7. The predicted octanol–water partition coefficient (Wildman–Crippen LogP) is 2.44. The van der Waals surface area contributed by atoms with E-state index in [1.165, 1.54) is 5.56 Å². The van der Waals surface area contributed by atoms with E-state index >= 15 is 0 Å². The molecule has 0 saturated heterocycles. The molecule has 1 aromatic carbocycles. The van der Waals surface area contributed by atoms with Crippen molar-refractivity contribution in [3.05, 3.63) is 35.4 Å². The quantitative estimate of drug-likeness (QED) is 0.841. The predicted molar refractivity (Wildman–Crippen MR) is 101 cm³/mol. The highest BCUT2D eigenvalue weighted by Crippen LogP contribution is 2.34. The number of aromatic nitrogens is 3. The van der Waals surface area contributed by atoms with Gasteiger partial charge in [0.05, 0.1) is 19.3 Å². The Labute approximate surface area is 159 Å². The summed E-state index contributed by atoms with van der Waals surface area (Å²) in [6.45, 7) is 8.17. The Bertz CT molecular complexity index is 805. The monoisotopic (exact) mass is 373 g/mol. The van der Waals surface area contributed by atoms with E-state index in [1.54, 1.807) is 10.9 Å². The highest BCUT2D eigenvalue weighted by molar-refractivity contribution is 5.75. The SMILES string of the molecule is CCOc1cc2c(cc1OCC)CN(C(=O)NC(C)c1nncn1C)CC2. The topological polar surface area (TPSA) is 81.5 Å². The molecule has 8 heteroatoms. The smallest absolute Gasteiger partial charge is 0.318 e. The van der Waals surface area contributed by atoms with Crippen LogP contribution in [0.1, 0.15) is 43.8 Å². The summed E-state index contributed by atoms with van der Waals surface area (Å²) in [4.78, 5) is 14.5. The third-order valence-corrected chi connectivity index (χ3v) is 4.64. The number of fused-ring (bicyclic) bond motifs is 1. The van der Waals surface area contributed by atoms with Crippen LogP contribution in [0, 0.1) is 0 Å². The number of benzene rings is 1. The summed E-state index contributed by atoms with van der Waals surface area (Å²) >= 11 is 0. The minimum absolute atomic E-state index is 0.108. The van der Waals surface area contributed by atoms with Crippen molar-refractivity contribution in [2.75, 3.05) is 19.8 Å². The number of ether oxygens (including phenoxy) is 2. The fraction of sp³-hybridized carbons (Fsp3) is 0.526. The van der Waals surface area contributed by atoms with Crippen molar-refractivity contribution < 1.29 is 14.3 Å². The average molecular weight is 373 g/mol. The minimum Gasteiger partial charge on any atom is -0.490 e. The van der Waals surface area contributed by atoms with Crippen LogP contribution in [0.3, 0.4) is 0 Å². The molecule has 0 fully saturated rings. The van der Waals surface area contributed by atoms with Crippen LogP contribution in [0.5, 0.6) is 11.5 Å². The van der Waals surface area contributed by atoms with Gasteiger partial charge in [0.15, 0.2) is 17.3 Å². The summed E-state index contributed by atoms with van der Waals surface area (Å²) in [6, 6.07) is 3.71. The van der Waals surface area contributed by atoms with E-state index < -0.39 is 0 Å². The number of nitrogens with one attached hydrogen (secondary N) is 1. The second kappa shape index (κ2) is 8.28. The number of nitrogens with zero attached hydrogens (tertiary/aromatic N) is 4. The summed E-state index contributed by atoms with van der Waals surface area (Å²) in [5, 5.41) is 10.9. The molecule has 3 rings (SSSR count). The van der Waals surface area contributed by atoms with Crippen LogP contribution in [0.15, 0.2) is 18.5 Å². The standard InChI is InChI=1S/C19H27N5O3/c1-5-26-16-9-14-7-8-24(11-15(14)10-17(16)27-6-2)19(25)21-13(3)18-22-20-12-23(18)4/h9-10,12-13H,5-8,11H2,1-4H3,(H,21,25). The van der Waals surface area contributed by atoms with Crippen LogP contribution in [0.2, 0.25) is 0 Å². The first-order valence-electron chi connectivity index (χ1n) is 9.34. The molecule has 0 saturated carbocycles. The van der Waals surface area contributed by atoms with Crippen LogP contribution >= 0.6 is 0 Å². The summed E-state index contributed by atoms with van der Waals surface area (Å²) < 4.78 is 13.2. The Hall–Kier alpha value is -2.77. The molecule has 1 aliphatic heterocycles. The van der Waals surface area contributed by atoms with Crippen molar-refractivity contribution in [3.8, 4) is 11.5 Å². The fourth-order valence-electron chi connectivity index (χ4n) is 3.30. The second-order valence-corrected chi connectivity index (χ2v) is 6.58. The van der Waals surface area contributed by atoms with Crippen LogP contribution in [0.25, 0.3) is 0 Å². The fourth-order valence-corrected chi connectivity index (χ4v) is 3.30. The van der Waals surface area contributed by atoms with Crippen molar-refractivity contribution in [1.29, 1.82) is 0 Å². The van der Waals surface area contributed by atoms with Gasteiger partial charge in [-0.15, -0.1) is 10.2 Å². The Morgan fingerprint density at radius 1 is 1.22 bits per heavy atom. The molecule has 146 valence electrons. The van der Waals surface area contributed by atoms with E-state index in [9.17, 15) is 4.79 Å². The van der Waals surface area contributed by atoms with Gasteiger partial charge in [0.25, 0.3) is 0 Å². The lowest BCUT2D eigenvalue weighted by molar-refractivity contribution is 0.188. The van der Waals surface area contributed by atoms with Crippen LogP contribution in [-0.2, 0) is 20.0 Å². The van der Waals surface area contributed by atoms with Crippen LogP contribution in [-0.4, -0.2) is 45.5 Å². The minimum atomic E-state index is -0.217. The summed E-state index contributed by atoms with van der Waals surface area (Å²) in [5.74, 6) is 2.22. The number of carbonyl (C=O) groups excluding carboxylic acids is 1. The van der Waals surface area contributed by atoms with Gasteiger partial charge in [-0.3, -0.25) is 0 Å². The third kappa shape index (κ3) is 4.15. The van der Waals surface area contributed by atoms with Crippen molar-refractivity contribution in [2.45, 2.75) is 39.8 Å². The summed E-state index contributed by atoms with van der Waals surface area (Å²) in [6.07, 6.45) is 2.41. The normalized spacial score (nSPS) is 14.4. The molecule has 1 aromatic heterocycles. The average Bonchev–Trinajstić information content (AvgIpc) is 3.08. The highest BCUT2D eigenvalue weighted by Gasteiger charge is 2.25. The molecule has 1 unspecified atom stereocenters. The van der Waals surface area contributed by atoms with Gasteiger partial charge in [-0.1, -0.05) is 0 Å². The number of amides is 2. The molecular formula is C19H27N5O3. The zero-order valence-electron chi connectivity index (χ0n) is 16.4. The molecular weight excluding hydrogens is 346 g/mol. The molecule has 0 spiro atoms. The van der Waals surface area contributed by atoms with E-state index in [4.69, 9.17) is 9.47 Å². The zero-order chi connectivity index (χ0) is 19.4. The van der Waals surface area contributed by atoms with Gasteiger partial charge in [0, 0.05) is 20.1 Å². The molecule has 0 aliphatic carbocycles. The van der Waals surface area contributed by atoms with Gasteiger partial charge in [-0.05, 0) is 50.5 Å². The van der Waals surface area contributed by atoms with E-state index in [0.717, 1.165) is 29.3 Å². The number of urea groups is 1. The molecule has 8 nitrogen and oxygen atoms in total. The van der Waals surface area contributed by atoms with Gasteiger partial charge in [-0.2, -0.15) is 0 Å². The zero-order valence-corrected chi connectivity index (χ0v) is 16.4. The number of aryl methyl sites for hydroxylation is 1. The Kier molecular flexibility index (Phi) is 5.83. The molecule has 1 aliphatic rings. The Morgan fingerprint density at radius 2 is 1.89 bits per heavy atom.